The molecule has 1 saturated heterocycles. The maximum atomic E-state index is 12.1. The van der Waals surface area contributed by atoms with Crippen LogP contribution in [0.1, 0.15) is 23.4 Å². The maximum Gasteiger partial charge on any atom is 0.232 e. The number of amides is 1. The molecule has 1 fully saturated rings. The lowest BCUT2D eigenvalue weighted by atomic mass is 10.2. The SMILES string of the molecule is Cc1noc(C)c1CSCC(=O)N(C)[C@@H]1CCS(=O)(=O)C1. The summed E-state index contributed by atoms with van der Waals surface area (Å²) in [5.41, 5.74) is 1.88. The van der Waals surface area contributed by atoms with Crippen molar-refractivity contribution in [1.29, 1.82) is 0 Å². The summed E-state index contributed by atoms with van der Waals surface area (Å²) in [6.45, 7) is 3.73. The van der Waals surface area contributed by atoms with Gasteiger partial charge in [0.15, 0.2) is 9.84 Å². The lowest BCUT2D eigenvalue weighted by Crippen LogP contribution is -2.38. The highest BCUT2D eigenvalue weighted by molar-refractivity contribution is 7.99. The standard InChI is InChI=1S/C13H20N2O4S2/c1-9-12(10(2)19-14-9)6-20-7-13(16)15(3)11-4-5-21(17,18)8-11/h11H,4-8H2,1-3H3/t11-/m1/s1. The van der Waals surface area contributed by atoms with Crippen LogP contribution in [0, 0.1) is 13.8 Å². The van der Waals surface area contributed by atoms with E-state index >= 15 is 0 Å². The third-order valence-corrected chi connectivity index (χ3v) is 6.50. The molecule has 8 heteroatoms. The number of hydrogen-bond donors (Lipinski definition) is 0. The lowest BCUT2D eigenvalue weighted by Gasteiger charge is -2.23. The van der Waals surface area contributed by atoms with E-state index in [1.54, 1.807) is 11.9 Å². The molecule has 1 aromatic heterocycles. The van der Waals surface area contributed by atoms with Crippen molar-refractivity contribution in [2.45, 2.75) is 32.1 Å². The summed E-state index contributed by atoms with van der Waals surface area (Å²) < 4.78 is 28.0. The molecule has 0 spiro atoms. The molecular weight excluding hydrogens is 312 g/mol. The van der Waals surface area contributed by atoms with Crippen LogP contribution in [0.3, 0.4) is 0 Å². The van der Waals surface area contributed by atoms with E-state index in [9.17, 15) is 13.2 Å². The van der Waals surface area contributed by atoms with Crippen LogP contribution >= 0.6 is 11.8 Å². The number of sulfone groups is 1. The molecule has 1 aliphatic rings. The molecule has 2 heterocycles. The first-order chi connectivity index (χ1) is 9.80. The average Bonchev–Trinajstić information content (AvgIpc) is 2.93. The minimum atomic E-state index is -2.96. The zero-order valence-corrected chi connectivity index (χ0v) is 14.1. The van der Waals surface area contributed by atoms with E-state index in [4.69, 9.17) is 4.52 Å². The van der Waals surface area contributed by atoms with Gasteiger partial charge in [-0.2, -0.15) is 0 Å². The predicted molar refractivity (Wildman–Crippen MR) is 82.0 cm³/mol. The fourth-order valence-electron chi connectivity index (χ4n) is 2.33. The van der Waals surface area contributed by atoms with Crippen molar-refractivity contribution in [2.24, 2.45) is 0 Å². The Balaban J connectivity index is 1.82. The number of thioether (sulfide) groups is 1. The monoisotopic (exact) mass is 332 g/mol. The summed E-state index contributed by atoms with van der Waals surface area (Å²) in [4.78, 5) is 13.7. The van der Waals surface area contributed by atoms with Gasteiger partial charge in [0.1, 0.15) is 5.76 Å². The fraction of sp³-hybridized carbons (Fsp3) is 0.692. The highest BCUT2D eigenvalue weighted by Crippen LogP contribution is 2.21. The number of hydrogen-bond acceptors (Lipinski definition) is 6. The van der Waals surface area contributed by atoms with Crippen molar-refractivity contribution in [3.63, 3.8) is 0 Å². The molecule has 118 valence electrons. The Labute approximate surface area is 129 Å². The van der Waals surface area contributed by atoms with Gasteiger partial charge in [-0.25, -0.2) is 8.42 Å². The van der Waals surface area contributed by atoms with Crippen LogP contribution in [0.5, 0.6) is 0 Å². The van der Waals surface area contributed by atoms with Crippen LogP contribution < -0.4 is 0 Å². The van der Waals surface area contributed by atoms with Crippen molar-refractivity contribution in [3.05, 3.63) is 17.0 Å². The molecule has 21 heavy (non-hydrogen) atoms. The maximum absolute atomic E-state index is 12.1. The van der Waals surface area contributed by atoms with E-state index in [1.807, 2.05) is 13.8 Å². The molecule has 0 radical (unpaired) electrons. The Morgan fingerprint density at radius 3 is 2.71 bits per heavy atom. The number of carbonyl (C=O) groups is 1. The van der Waals surface area contributed by atoms with Crippen molar-refractivity contribution < 1.29 is 17.7 Å². The Hall–Kier alpha value is -1.02. The number of nitrogens with zero attached hydrogens (tertiary/aromatic N) is 2. The van der Waals surface area contributed by atoms with Gasteiger partial charge in [0, 0.05) is 24.4 Å². The first-order valence-electron chi connectivity index (χ1n) is 6.76. The van der Waals surface area contributed by atoms with Gasteiger partial charge in [-0.3, -0.25) is 4.79 Å². The first-order valence-corrected chi connectivity index (χ1v) is 9.73. The molecule has 0 unspecified atom stereocenters. The van der Waals surface area contributed by atoms with E-state index in [1.165, 1.54) is 11.8 Å². The Morgan fingerprint density at radius 2 is 2.19 bits per heavy atom. The van der Waals surface area contributed by atoms with Crippen molar-refractivity contribution in [2.75, 3.05) is 24.3 Å². The highest BCUT2D eigenvalue weighted by atomic mass is 32.2. The second kappa shape index (κ2) is 6.39. The van der Waals surface area contributed by atoms with Gasteiger partial charge in [0.2, 0.25) is 5.91 Å². The number of aromatic nitrogens is 1. The molecule has 0 aliphatic carbocycles. The predicted octanol–water partition coefficient (Wildman–Crippen LogP) is 1.17. The molecule has 0 saturated carbocycles. The van der Waals surface area contributed by atoms with Gasteiger partial charge in [0.05, 0.1) is 23.0 Å². The molecule has 1 amide bonds. The molecule has 1 aliphatic heterocycles. The molecule has 1 atom stereocenters. The Morgan fingerprint density at radius 1 is 1.48 bits per heavy atom. The topological polar surface area (TPSA) is 80.5 Å². The van der Waals surface area contributed by atoms with Crippen LogP contribution in [0.2, 0.25) is 0 Å². The van der Waals surface area contributed by atoms with E-state index in [-0.39, 0.29) is 23.5 Å². The smallest absolute Gasteiger partial charge is 0.232 e. The molecule has 1 aromatic rings. The lowest BCUT2D eigenvalue weighted by molar-refractivity contribution is -0.128. The second-order valence-corrected chi connectivity index (χ2v) is 8.57. The Bertz CT molecular complexity index is 605. The molecule has 0 N–H and O–H groups in total. The van der Waals surface area contributed by atoms with Gasteiger partial charge < -0.3 is 9.42 Å². The summed E-state index contributed by atoms with van der Waals surface area (Å²) in [6.07, 6.45) is 0.541. The van der Waals surface area contributed by atoms with Gasteiger partial charge in [-0.15, -0.1) is 11.8 Å². The third-order valence-electron chi connectivity index (χ3n) is 3.80. The van der Waals surface area contributed by atoms with E-state index in [2.05, 4.69) is 5.16 Å². The summed E-state index contributed by atoms with van der Waals surface area (Å²) in [5, 5.41) is 3.88. The Kier molecular flexibility index (Phi) is 4.98. The van der Waals surface area contributed by atoms with Gasteiger partial charge >= 0.3 is 0 Å². The normalized spacial score (nSPS) is 20.6. The van der Waals surface area contributed by atoms with E-state index in [0.29, 0.717) is 17.9 Å². The summed E-state index contributed by atoms with van der Waals surface area (Å²) in [6, 6.07) is -0.179. The van der Waals surface area contributed by atoms with Gasteiger partial charge in [-0.1, -0.05) is 5.16 Å². The van der Waals surface area contributed by atoms with Crippen molar-refractivity contribution in [3.8, 4) is 0 Å². The average molecular weight is 332 g/mol. The molecular formula is C13H20N2O4S2. The van der Waals surface area contributed by atoms with Crippen LogP contribution in [0.4, 0.5) is 0 Å². The van der Waals surface area contributed by atoms with Gasteiger partial charge in [-0.05, 0) is 20.3 Å². The number of aryl methyl sites for hydroxylation is 2. The molecule has 6 nitrogen and oxygen atoms in total. The minimum Gasteiger partial charge on any atom is -0.361 e. The second-order valence-electron chi connectivity index (χ2n) is 5.36. The zero-order chi connectivity index (χ0) is 15.6. The van der Waals surface area contributed by atoms with Gasteiger partial charge in [0.25, 0.3) is 0 Å². The van der Waals surface area contributed by atoms with Crippen LogP contribution in [0.15, 0.2) is 4.52 Å². The molecule has 0 aromatic carbocycles. The summed E-state index contributed by atoms with van der Waals surface area (Å²) in [5.74, 6) is 2.02. The summed E-state index contributed by atoms with van der Waals surface area (Å²) in [7, 11) is -1.28. The third kappa shape index (κ3) is 4.00. The first kappa shape index (κ1) is 16.4. The number of carbonyl (C=O) groups excluding carboxylic acids is 1. The number of rotatable bonds is 5. The zero-order valence-electron chi connectivity index (χ0n) is 12.5. The van der Waals surface area contributed by atoms with E-state index < -0.39 is 9.84 Å². The minimum absolute atomic E-state index is 0.0335. The summed E-state index contributed by atoms with van der Waals surface area (Å²) >= 11 is 1.49. The molecule has 0 bridgehead atoms. The van der Waals surface area contributed by atoms with Crippen LogP contribution in [-0.2, 0) is 20.4 Å². The van der Waals surface area contributed by atoms with E-state index in [0.717, 1.165) is 17.0 Å². The molecule has 2 rings (SSSR count). The van der Waals surface area contributed by atoms with Crippen molar-refractivity contribution in [1.82, 2.24) is 10.1 Å². The highest BCUT2D eigenvalue weighted by Gasteiger charge is 2.32. The fourth-order valence-corrected chi connectivity index (χ4v) is 5.21. The van der Waals surface area contributed by atoms with Crippen LogP contribution in [-0.4, -0.2) is 54.7 Å². The largest absolute Gasteiger partial charge is 0.361 e. The van der Waals surface area contributed by atoms with Crippen molar-refractivity contribution >= 4 is 27.5 Å². The van der Waals surface area contributed by atoms with Crippen LogP contribution in [0.25, 0.3) is 0 Å². The quantitative estimate of drug-likeness (QED) is 0.805.